The van der Waals surface area contributed by atoms with E-state index in [2.05, 4.69) is 5.32 Å². The number of imide groups is 1. The van der Waals surface area contributed by atoms with Crippen molar-refractivity contribution in [1.29, 1.82) is 0 Å². The van der Waals surface area contributed by atoms with Gasteiger partial charge in [-0.1, -0.05) is 60.1 Å². The van der Waals surface area contributed by atoms with Gasteiger partial charge in [0.25, 0.3) is 11.1 Å². The topological polar surface area (TPSA) is 66.5 Å². The highest BCUT2D eigenvalue weighted by molar-refractivity contribution is 8.18. The first kappa shape index (κ1) is 19.2. The van der Waals surface area contributed by atoms with Crippen LogP contribution in [-0.2, 0) is 16.0 Å². The molecule has 2 aromatic carbocycles. The molecule has 0 bridgehead atoms. The first-order valence-electron chi connectivity index (χ1n) is 8.35. The lowest BCUT2D eigenvalue weighted by Gasteiger charge is -2.13. The summed E-state index contributed by atoms with van der Waals surface area (Å²) in [4.78, 5) is 38.1. The van der Waals surface area contributed by atoms with Crippen molar-refractivity contribution in [3.05, 3.63) is 75.7 Å². The Morgan fingerprint density at radius 1 is 1.07 bits per heavy atom. The smallest absolute Gasteiger partial charge is 0.293 e. The average Bonchev–Trinajstić information content (AvgIpc) is 2.92. The molecule has 3 rings (SSSR count). The second-order valence-electron chi connectivity index (χ2n) is 5.86. The second-order valence-corrected chi connectivity index (χ2v) is 7.26. The molecule has 0 saturated carbocycles. The van der Waals surface area contributed by atoms with Gasteiger partial charge in [0, 0.05) is 18.1 Å². The predicted molar refractivity (Wildman–Crippen MR) is 107 cm³/mol. The molecule has 1 saturated heterocycles. The molecule has 0 unspecified atom stereocenters. The molecule has 0 atom stereocenters. The van der Waals surface area contributed by atoms with Crippen LogP contribution in [-0.4, -0.2) is 35.0 Å². The van der Waals surface area contributed by atoms with E-state index in [4.69, 9.17) is 11.6 Å². The minimum absolute atomic E-state index is 0.130. The second kappa shape index (κ2) is 8.88. The molecule has 0 aromatic heterocycles. The van der Waals surface area contributed by atoms with E-state index in [-0.39, 0.29) is 36.6 Å². The zero-order chi connectivity index (χ0) is 19.2. The van der Waals surface area contributed by atoms with Gasteiger partial charge in [0.2, 0.25) is 5.91 Å². The minimum atomic E-state index is -0.339. The normalized spacial score (nSPS) is 15.4. The van der Waals surface area contributed by atoms with Gasteiger partial charge in [-0.05, 0) is 35.0 Å². The van der Waals surface area contributed by atoms with Gasteiger partial charge in [-0.2, -0.15) is 0 Å². The van der Waals surface area contributed by atoms with Crippen LogP contribution in [0.5, 0.6) is 0 Å². The van der Waals surface area contributed by atoms with Crippen molar-refractivity contribution in [3.8, 4) is 0 Å². The number of nitrogens with one attached hydrogen (secondary N) is 1. The Labute approximate surface area is 166 Å². The van der Waals surface area contributed by atoms with Gasteiger partial charge in [-0.25, -0.2) is 0 Å². The predicted octanol–water partition coefficient (Wildman–Crippen LogP) is 3.74. The number of hydrogen-bond donors (Lipinski definition) is 1. The molecule has 3 amide bonds. The molecule has 1 aliphatic rings. The third-order valence-electron chi connectivity index (χ3n) is 3.94. The van der Waals surface area contributed by atoms with Crippen molar-refractivity contribution in [2.45, 2.75) is 6.42 Å². The summed E-state index contributed by atoms with van der Waals surface area (Å²) in [5.74, 6) is -0.552. The Hall–Kier alpha value is -2.57. The molecular weight excluding hydrogens is 384 g/mol. The van der Waals surface area contributed by atoms with E-state index < -0.39 is 0 Å². The highest BCUT2D eigenvalue weighted by Crippen LogP contribution is 2.31. The monoisotopic (exact) mass is 400 g/mol. The minimum Gasteiger partial charge on any atom is -0.354 e. The molecule has 1 N–H and O–H groups in total. The van der Waals surface area contributed by atoms with E-state index in [9.17, 15) is 14.4 Å². The lowest BCUT2D eigenvalue weighted by molar-refractivity contribution is -0.124. The van der Waals surface area contributed by atoms with E-state index in [0.29, 0.717) is 9.93 Å². The summed E-state index contributed by atoms with van der Waals surface area (Å²) in [6, 6.07) is 16.5. The summed E-state index contributed by atoms with van der Waals surface area (Å²) in [5.41, 5.74) is 1.59. The Balaban J connectivity index is 1.53. The number of thioether (sulfide) groups is 1. The van der Waals surface area contributed by atoms with Gasteiger partial charge in [-0.3, -0.25) is 19.3 Å². The molecule has 1 heterocycles. The zero-order valence-electron chi connectivity index (χ0n) is 14.4. The largest absolute Gasteiger partial charge is 0.354 e. The first-order chi connectivity index (χ1) is 13.0. The van der Waals surface area contributed by atoms with Crippen LogP contribution in [0.4, 0.5) is 4.79 Å². The van der Waals surface area contributed by atoms with Crippen molar-refractivity contribution in [2.24, 2.45) is 0 Å². The van der Waals surface area contributed by atoms with E-state index in [1.54, 1.807) is 24.3 Å². The molecule has 27 heavy (non-hydrogen) atoms. The average molecular weight is 401 g/mol. The number of amides is 3. The molecule has 5 nitrogen and oxygen atoms in total. The van der Waals surface area contributed by atoms with Crippen LogP contribution in [0.2, 0.25) is 5.02 Å². The summed E-state index contributed by atoms with van der Waals surface area (Å²) in [7, 11) is 0. The summed E-state index contributed by atoms with van der Waals surface area (Å²) in [6.07, 6.45) is 1.84. The lowest BCUT2D eigenvalue weighted by Crippen LogP contribution is -2.37. The van der Waals surface area contributed by atoms with Gasteiger partial charge in [0.15, 0.2) is 0 Å². The summed E-state index contributed by atoms with van der Waals surface area (Å²) < 4.78 is 0. The number of benzene rings is 2. The lowest BCUT2D eigenvalue weighted by atomic mass is 10.1. The molecule has 2 aromatic rings. The van der Waals surface area contributed by atoms with E-state index >= 15 is 0 Å². The van der Waals surface area contributed by atoms with Crippen molar-refractivity contribution >= 4 is 46.5 Å². The number of halogens is 1. The highest BCUT2D eigenvalue weighted by Gasteiger charge is 2.34. The van der Waals surface area contributed by atoms with Crippen LogP contribution in [0.15, 0.2) is 59.5 Å². The molecule has 138 valence electrons. The highest BCUT2D eigenvalue weighted by atomic mass is 35.5. The Bertz CT molecular complexity index is 899. The maximum absolute atomic E-state index is 12.4. The molecule has 7 heteroatoms. The summed E-state index contributed by atoms with van der Waals surface area (Å²) in [6.45, 7) is 0.324. The van der Waals surface area contributed by atoms with E-state index in [0.717, 1.165) is 27.8 Å². The number of nitrogens with zero attached hydrogens (tertiary/aromatic N) is 1. The molecule has 0 spiro atoms. The molecule has 1 aliphatic heterocycles. The van der Waals surface area contributed by atoms with Crippen LogP contribution >= 0.6 is 23.4 Å². The van der Waals surface area contributed by atoms with Crippen LogP contribution in [0.25, 0.3) is 6.08 Å². The van der Waals surface area contributed by atoms with Crippen molar-refractivity contribution in [1.82, 2.24) is 10.2 Å². The van der Waals surface area contributed by atoms with Crippen molar-refractivity contribution < 1.29 is 14.4 Å². The van der Waals surface area contributed by atoms with Gasteiger partial charge in [0.1, 0.15) is 0 Å². The van der Waals surface area contributed by atoms with Crippen LogP contribution < -0.4 is 5.32 Å². The zero-order valence-corrected chi connectivity index (χ0v) is 15.9. The summed E-state index contributed by atoms with van der Waals surface area (Å²) in [5, 5.41) is 2.92. The Morgan fingerprint density at radius 3 is 2.52 bits per heavy atom. The Kier molecular flexibility index (Phi) is 6.32. The van der Waals surface area contributed by atoms with Gasteiger partial charge >= 0.3 is 0 Å². The van der Waals surface area contributed by atoms with Gasteiger partial charge in [0.05, 0.1) is 11.3 Å². The molecule has 0 aliphatic carbocycles. The maximum atomic E-state index is 12.4. The SMILES string of the molecule is O=C(Cc1ccccc1Cl)NCCN1C(=O)S/C(=C\c2ccccc2)C1=O. The third-order valence-corrected chi connectivity index (χ3v) is 5.21. The fourth-order valence-electron chi connectivity index (χ4n) is 2.58. The van der Waals surface area contributed by atoms with Crippen molar-refractivity contribution in [3.63, 3.8) is 0 Å². The van der Waals surface area contributed by atoms with Crippen LogP contribution in [0.1, 0.15) is 11.1 Å². The maximum Gasteiger partial charge on any atom is 0.293 e. The molecule has 1 fully saturated rings. The Morgan fingerprint density at radius 2 is 1.78 bits per heavy atom. The number of carbonyl (C=O) groups is 3. The first-order valence-corrected chi connectivity index (χ1v) is 9.54. The fraction of sp³-hybridized carbons (Fsp3) is 0.150. The standard InChI is InChI=1S/C20H17ClN2O3S/c21-16-9-5-4-8-15(16)13-18(24)22-10-11-23-19(25)17(27-20(23)26)12-14-6-2-1-3-7-14/h1-9,12H,10-11,13H2,(H,22,24)/b17-12-. The summed E-state index contributed by atoms with van der Waals surface area (Å²) >= 11 is 6.95. The van der Waals surface area contributed by atoms with Crippen LogP contribution in [0, 0.1) is 0 Å². The fourth-order valence-corrected chi connectivity index (χ4v) is 3.65. The molecular formula is C20H17ClN2O3S. The van der Waals surface area contributed by atoms with E-state index in [1.807, 2.05) is 36.4 Å². The van der Waals surface area contributed by atoms with E-state index in [1.165, 1.54) is 0 Å². The van der Waals surface area contributed by atoms with Crippen LogP contribution in [0.3, 0.4) is 0 Å². The number of rotatable bonds is 6. The molecule has 0 radical (unpaired) electrons. The van der Waals surface area contributed by atoms with Crippen molar-refractivity contribution in [2.75, 3.05) is 13.1 Å². The number of hydrogen-bond acceptors (Lipinski definition) is 4. The number of carbonyl (C=O) groups excluding carboxylic acids is 3. The van der Waals surface area contributed by atoms with Gasteiger partial charge < -0.3 is 5.32 Å². The van der Waals surface area contributed by atoms with Gasteiger partial charge in [-0.15, -0.1) is 0 Å². The third kappa shape index (κ3) is 4.99. The quantitative estimate of drug-likeness (QED) is 0.750.